The quantitative estimate of drug-likeness (QED) is 0.169. The Balaban J connectivity index is 1.00. The van der Waals surface area contributed by atoms with E-state index in [1.807, 2.05) is 0 Å². The van der Waals surface area contributed by atoms with Crippen LogP contribution in [-0.4, -0.2) is 0 Å². The van der Waals surface area contributed by atoms with Gasteiger partial charge in [-0.15, -0.1) is 0 Å². The highest BCUT2D eigenvalue weighted by molar-refractivity contribution is 6.13. The highest BCUT2D eigenvalue weighted by Gasteiger charge is 2.29. The minimum absolute atomic E-state index is 0.265. The predicted octanol–water partition coefficient (Wildman–Crippen LogP) is 13.5. The van der Waals surface area contributed by atoms with Crippen molar-refractivity contribution >= 4 is 48.7 Å². The largest absolute Gasteiger partial charge is 0.0761 e. The molecule has 0 spiro atoms. The minimum Gasteiger partial charge on any atom is -0.0761 e. The Bertz CT molecular complexity index is 2740. The molecule has 0 nitrogen and oxygen atoms in total. The molecule has 8 aromatic rings. The zero-order valence-electron chi connectivity index (χ0n) is 27.6. The van der Waals surface area contributed by atoms with Crippen LogP contribution < -0.4 is 0 Å². The van der Waals surface area contributed by atoms with Crippen LogP contribution in [0.25, 0.3) is 70.9 Å². The molecule has 234 valence electrons. The van der Waals surface area contributed by atoms with Gasteiger partial charge in [0, 0.05) is 11.8 Å². The first-order chi connectivity index (χ1) is 24.8. The van der Waals surface area contributed by atoms with E-state index in [-0.39, 0.29) is 11.8 Å². The minimum atomic E-state index is 0.265. The Labute approximate surface area is 292 Å². The van der Waals surface area contributed by atoms with Gasteiger partial charge in [-0.3, -0.25) is 0 Å². The monoisotopic (exact) mass is 634 g/mol. The maximum Gasteiger partial charge on any atom is 0.0131 e. The third-order valence-electron chi connectivity index (χ3n) is 10.9. The van der Waals surface area contributed by atoms with E-state index in [0.29, 0.717) is 0 Å². The van der Waals surface area contributed by atoms with Crippen molar-refractivity contribution in [3.8, 4) is 22.3 Å². The van der Waals surface area contributed by atoms with Gasteiger partial charge in [0.05, 0.1) is 0 Å². The molecule has 0 heteroatoms. The molecule has 0 saturated heterocycles. The Morgan fingerprint density at radius 2 is 0.900 bits per heavy atom. The lowest BCUT2D eigenvalue weighted by molar-refractivity contribution is 0.674. The van der Waals surface area contributed by atoms with Gasteiger partial charge in [-0.1, -0.05) is 188 Å². The molecule has 0 fully saturated rings. The third-order valence-corrected chi connectivity index (χ3v) is 10.9. The zero-order chi connectivity index (χ0) is 33.0. The molecule has 50 heavy (non-hydrogen) atoms. The second kappa shape index (κ2) is 11.7. The molecule has 0 saturated carbocycles. The van der Waals surface area contributed by atoms with Gasteiger partial charge in [-0.25, -0.2) is 0 Å². The second-order valence-electron chi connectivity index (χ2n) is 13.6. The summed E-state index contributed by atoms with van der Waals surface area (Å²) >= 11 is 0. The van der Waals surface area contributed by atoms with Crippen molar-refractivity contribution in [2.45, 2.75) is 5.92 Å². The molecule has 0 aliphatic heterocycles. The van der Waals surface area contributed by atoms with Crippen LogP contribution in [0.4, 0.5) is 0 Å². The fourth-order valence-corrected chi connectivity index (χ4v) is 8.54. The van der Waals surface area contributed by atoms with Crippen LogP contribution in [0.2, 0.25) is 0 Å². The lowest BCUT2D eigenvalue weighted by atomic mass is 9.72. The summed E-state index contributed by atoms with van der Waals surface area (Å²) < 4.78 is 0. The molecule has 0 radical (unpaired) electrons. The molecule has 2 aliphatic carbocycles. The van der Waals surface area contributed by atoms with E-state index in [2.05, 4.69) is 194 Å². The van der Waals surface area contributed by atoms with Crippen molar-refractivity contribution in [3.63, 3.8) is 0 Å². The summed E-state index contributed by atoms with van der Waals surface area (Å²) in [6, 6.07) is 58.1. The van der Waals surface area contributed by atoms with Gasteiger partial charge in [0.2, 0.25) is 0 Å². The van der Waals surface area contributed by atoms with E-state index in [0.717, 1.165) is 0 Å². The van der Waals surface area contributed by atoms with E-state index >= 15 is 0 Å². The fourth-order valence-electron chi connectivity index (χ4n) is 8.54. The number of rotatable bonds is 4. The molecule has 0 bridgehead atoms. The van der Waals surface area contributed by atoms with E-state index in [1.54, 1.807) is 0 Å². The number of fused-ring (bicyclic) bond motifs is 6. The molecule has 2 unspecified atom stereocenters. The molecule has 2 atom stereocenters. The molecule has 0 N–H and O–H groups in total. The van der Waals surface area contributed by atoms with Crippen molar-refractivity contribution in [3.05, 3.63) is 211 Å². The predicted molar refractivity (Wildman–Crippen MR) is 214 cm³/mol. The van der Waals surface area contributed by atoms with Crippen LogP contribution in [0.3, 0.4) is 0 Å². The maximum absolute atomic E-state index is 2.39. The van der Waals surface area contributed by atoms with Crippen molar-refractivity contribution in [2.75, 3.05) is 0 Å². The number of allylic oxidation sites excluding steroid dienone is 8. The summed E-state index contributed by atoms with van der Waals surface area (Å²) in [5, 5.41) is 10.3. The van der Waals surface area contributed by atoms with Crippen molar-refractivity contribution in [1.82, 2.24) is 0 Å². The van der Waals surface area contributed by atoms with Crippen LogP contribution >= 0.6 is 0 Å². The summed E-state index contributed by atoms with van der Waals surface area (Å²) in [5.41, 5.74) is 10.4. The van der Waals surface area contributed by atoms with E-state index in [9.17, 15) is 0 Å². The van der Waals surface area contributed by atoms with Crippen LogP contribution in [0, 0.1) is 5.92 Å². The molecule has 0 aromatic heterocycles. The van der Waals surface area contributed by atoms with Crippen LogP contribution in [0.5, 0.6) is 0 Å². The lowest BCUT2D eigenvalue weighted by Crippen LogP contribution is -2.17. The summed E-state index contributed by atoms with van der Waals surface area (Å²) in [4.78, 5) is 0. The van der Waals surface area contributed by atoms with Gasteiger partial charge in [-0.05, 0) is 93.7 Å². The Morgan fingerprint density at radius 1 is 0.340 bits per heavy atom. The first-order valence-corrected chi connectivity index (χ1v) is 17.6. The summed E-state index contributed by atoms with van der Waals surface area (Å²) in [5.74, 6) is 0.540. The maximum atomic E-state index is 2.39. The smallest absolute Gasteiger partial charge is 0.0131 e. The molecule has 10 rings (SSSR count). The van der Waals surface area contributed by atoms with E-state index < -0.39 is 0 Å². The van der Waals surface area contributed by atoms with Crippen LogP contribution in [0.1, 0.15) is 17.0 Å². The van der Waals surface area contributed by atoms with Gasteiger partial charge in [0.15, 0.2) is 0 Å². The standard InChI is InChI=1S/C50H34/c1-3-15-37-33(12-1)14-9-22-44(37)49-31-30-40(42-18-5-7-19-45(42)49)35-28-26-34(27-29-35)38-21-10-24-46-43(38)23-11-25-48(46)50-32-36-13-2-4-16-39(36)41-17-6-8-20-47(41)50/h1-32,38,43H. The van der Waals surface area contributed by atoms with Crippen molar-refractivity contribution in [1.29, 1.82) is 0 Å². The van der Waals surface area contributed by atoms with Crippen LogP contribution in [0.15, 0.2) is 200 Å². The summed E-state index contributed by atoms with van der Waals surface area (Å²) in [7, 11) is 0. The van der Waals surface area contributed by atoms with Crippen LogP contribution in [-0.2, 0) is 0 Å². The van der Waals surface area contributed by atoms with E-state index in [1.165, 1.54) is 87.6 Å². The first kappa shape index (κ1) is 28.7. The normalized spacial score (nSPS) is 16.9. The van der Waals surface area contributed by atoms with Crippen molar-refractivity contribution < 1.29 is 0 Å². The van der Waals surface area contributed by atoms with Gasteiger partial charge in [0.1, 0.15) is 0 Å². The van der Waals surface area contributed by atoms with Crippen molar-refractivity contribution in [2.24, 2.45) is 5.92 Å². The molecule has 0 amide bonds. The van der Waals surface area contributed by atoms with E-state index in [4.69, 9.17) is 0 Å². The topological polar surface area (TPSA) is 0 Å². The molecular formula is C50H34. The fraction of sp³-hybridized carbons (Fsp3) is 0.0400. The Morgan fingerprint density at radius 3 is 1.70 bits per heavy atom. The highest BCUT2D eigenvalue weighted by Crippen LogP contribution is 2.46. The number of hydrogen-bond donors (Lipinski definition) is 0. The first-order valence-electron chi connectivity index (χ1n) is 17.6. The summed E-state index contributed by atoms with van der Waals surface area (Å²) in [6.07, 6.45) is 13.9. The molecule has 8 aromatic carbocycles. The number of benzene rings is 8. The van der Waals surface area contributed by atoms with Gasteiger partial charge in [0.25, 0.3) is 0 Å². The molecule has 2 aliphatic rings. The lowest BCUT2D eigenvalue weighted by Gasteiger charge is -2.32. The van der Waals surface area contributed by atoms with Gasteiger partial charge in [-0.2, -0.15) is 0 Å². The summed E-state index contributed by atoms with van der Waals surface area (Å²) in [6.45, 7) is 0. The Hall–Kier alpha value is -6.24. The van der Waals surface area contributed by atoms with Gasteiger partial charge >= 0.3 is 0 Å². The zero-order valence-corrected chi connectivity index (χ0v) is 27.6. The number of hydrogen-bond acceptors (Lipinski definition) is 0. The second-order valence-corrected chi connectivity index (χ2v) is 13.6. The Kier molecular flexibility index (Phi) is 6.74. The SMILES string of the molecule is C1=CC2C(=CC=CC2c2ccc(-c3ccc(-c4cccc5ccccc45)c4ccccc34)cc2)C(c2cc3ccccc3c3ccccc23)=C1. The molecule has 0 heterocycles. The third kappa shape index (κ3) is 4.60. The highest BCUT2D eigenvalue weighted by atomic mass is 14.3. The average molecular weight is 635 g/mol. The average Bonchev–Trinajstić information content (AvgIpc) is 3.19. The molecular weight excluding hydrogens is 601 g/mol. The van der Waals surface area contributed by atoms with Gasteiger partial charge < -0.3 is 0 Å².